The normalized spacial score (nSPS) is 22.8. The van der Waals surface area contributed by atoms with Crippen LogP contribution < -0.4 is 5.32 Å². The van der Waals surface area contributed by atoms with Crippen molar-refractivity contribution in [3.8, 4) is 0 Å². The second-order valence-electron chi connectivity index (χ2n) is 6.33. The number of halogens is 1. The summed E-state index contributed by atoms with van der Waals surface area (Å²) < 4.78 is 5.44. The van der Waals surface area contributed by atoms with Gasteiger partial charge in [0, 0.05) is 17.0 Å². The Morgan fingerprint density at radius 1 is 1.40 bits per heavy atom. The van der Waals surface area contributed by atoms with Crippen LogP contribution in [-0.4, -0.2) is 25.2 Å². The number of nitrogens with one attached hydrogen (secondary N) is 1. The lowest BCUT2D eigenvalue weighted by molar-refractivity contribution is -0.153. The maximum atomic E-state index is 11.9. The van der Waals surface area contributed by atoms with Crippen molar-refractivity contribution in [1.82, 2.24) is 5.32 Å². The van der Waals surface area contributed by atoms with E-state index in [1.807, 2.05) is 39.0 Å². The average Bonchev–Trinajstić information content (AvgIpc) is 2.83. The molecule has 0 aliphatic carbocycles. The molecule has 0 spiro atoms. The number of hydrogen-bond acceptors (Lipinski definition) is 3. The number of ether oxygens (including phenoxy) is 1. The molecule has 1 aliphatic rings. The molecule has 4 heteroatoms. The highest BCUT2D eigenvalue weighted by Gasteiger charge is 2.32. The first-order chi connectivity index (χ1) is 9.39. The molecule has 2 rings (SSSR count). The van der Waals surface area contributed by atoms with Gasteiger partial charge in [0.2, 0.25) is 0 Å². The lowest BCUT2D eigenvalue weighted by Crippen LogP contribution is -2.34. The fourth-order valence-electron chi connectivity index (χ4n) is 2.47. The smallest absolute Gasteiger partial charge is 0.311 e. The van der Waals surface area contributed by atoms with E-state index in [4.69, 9.17) is 16.3 Å². The molecule has 1 N–H and O–H groups in total. The first-order valence-corrected chi connectivity index (χ1v) is 7.42. The summed E-state index contributed by atoms with van der Waals surface area (Å²) in [6.45, 7) is 6.91. The monoisotopic (exact) mass is 295 g/mol. The number of benzene rings is 1. The summed E-state index contributed by atoms with van der Waals surface area (Å²) in [7, 11) is 0. The second kappa shape index (κ2) is 6.15. The molecule has 1 aliphatic heterocycles. The van der Waals surface area contributed by atoms with E-state index in [1.54, 1.807) is 0 Å². The van der Waals surface area contributed by atoms with Gasteiger partial charge in [0.05, 0.1) is 5.41 Å². The molecule has 20 heavy (non-hydrogen) atoms. The second-order valence-corrected chi connectivity index (χ2v) is 6.73. The predicted molar refractivity (Wildman–Crippen MR) is 81.0 cm³/mol. The van der Waals surface area contributed by atoms with Gasteiger partial charge in [-0.15, -0.1) is 0 Å². The molecule has 1 aromatic carbocycles. The van der Waals surface area contributed by atoms with E-state index in [0.29, 0.717) is 12.5 Å². The largest absolute Gasteiger partial charge is 0.464 e. The number of carbonyl (C=O) groups excluding carboxylic acids is 1. The minimum atomic E-state index is -0.460. The highest BCUT2D eigenvalue weighted by atomic mass is 35.5. The minimum Gasteiger partial charge on any atom is -0.464 e. The van der Waals surface area contributed by atoms with Gasteiger partial charge < -0.3 is 10.1 Å². The summed E-state index contributed by atoms with van der Waals surface area (Å²) >= 11 is 6.27. The number of hydrogen-bond donors (Lipinski definition) is 1. The van der Waals surface area contributed by atoms with Gasteiger partial charge >= 0.3 is 5.97 Å². The summed E-state index contributed by atoms with van der Waals surface area (Å²) in [5, 5.41) is 4.19. The average molecular weight is 296 g/mol. The van der Waals surface area contributed by atoms with Gasteiger partial charge in [-0.1, -0.05) is 29.8 Å². The van der Waals surface area contributed by atoms with Crippen molar-refractivity contribution in [3.63, 3.8) is 0 Å². The van der Waals surface area contributed by atoms with E-state index in [-0.39, 0.29) is 12.0 Å². The van der Waals surface area contributed by atoms with Crippen molar-refractivity contribution in [2.45, 2.75) is 39.2 Å². The third kappa shape index (κ3) is 3.53. The van der Waals surface area contributed by atoms with Crippen molar-refractivity contribution in [3.05, 3.63) is 34.9 Å². The van der Waals surface area contributed by atoms with Gasteiger partial charge in [0.15, 0.2) is 0 Å². The number of carbonyl (C=O) groups is 1. The third-order valence-electron chi connectivity index (χ3n) is 3.66. The summed E-state index contributed by atoms with van der Waals surface area (Å²) in [5.41, 5.74) is 0.675. The molecule has 0 aromatic heterocycles. The maximum Gasteiger partial charge on any atom is 0.311 e. The van der Waals surface area contributed by atoms with Crippen LogP contribution in [0, 0.1) is 5.41 Å². The van der Waals surface area contributed by atoms with Crippen LogP contribution in [0.4, 0.5) is 0 Å². The van der Waals surface area contributed by atoms with Gasteiger partial charge in [-0.05, 0) is 45.4 Å². The van der Waals surface area contributed by atoms with Crippen molar-refractivity contribution in [2.24, 2.45) is 5.41 Å². The Hall–Kier alpha value is -1.06. The Labute approximate surface area is 125 Å². The highest BCUT2D eigenvalue weighted by Crippen LogP contribution is 2.33. The summed E-state index contributed by atoms with van der Waals surface area (Å²) in [4.78, 5) is 11.9. The van der Waals surface area contributed by atoms with E-state index < -0.39 is 5.41 Å². The van der Waals surface area contributed by atoms with Gasteiger partial charge in [0.25, 0.3) is 0 Å². The fraction of sp³-hybridized carbons (Fsp3) is 0.562. The molecular formula is C16H22ClNO2. The lowest BCUT2D eigenvalue weighted by Gasteiger charge is -2.23. The van der Waals surface area contributed by atoms with Crippen LogP contribution in [-0.2, 0) is 9.53 Å². The lowest BCUT2D eigenvalue weighted by atomic mass is 9.92. The SMILES string of the molecule is CC(C)(C)C(=O)OCC1NCCC1c1ccccc1Cl. The molecule has 1 aromatic rings. The molecule has 1 saturated heterocycles. The highest BCUT2D eigenvalue weighted by molar-refractivity contribution is 6.31. The van der Waals surface area contributed by atoms with Crippen molar-refractivity contribution in [1.29, 1.82) is 0 Å². The van der Waals surface area contributed by atoms with Crippen LogP contribution in [0.25, 0.3) is 0 Å². The predicted octanol–water partition coefficient (Wildman–Crippen LogP) is 3.37. The fourth-order valence-corrected chi connectivity index (χ4v) is 2.75. The Kier molecular flexibility index (Phi) is 4.71. The van der Waals surface area contributed by atoms with Crippen molar-refractivity contribution in [2.75, 3.05) is 13.2 Å². The molecule has 110 valence electrons. The van der Waals surface area contributed by atoms with E-state index in [1.165, 1.54) is 0 Å². The topological polar surface area (TPSA) is 38.3 Å². The first-order valence-electron chi connectivity index (χ1n) is 7.04. The summed E-state index contributed by atoms with van der Waals surface area (Å²) in [5.74, 6) is 0.139. The van der Waals surface area contributed by atoms with E-state index >= 15 is 0 Å². The number of rotatable bonds is 3. The Bertz CT molecular complexity index is 482. The van der Waals surface area contributed by atoms with Gasteiger partial charge in [0.1, 0.15) is 6.61 Å². The molecule has 0 radical (unpaired) electrons. The Morgan fingerprint density at radius 2 is 2.10 bits per heavy atom. The van der Waals surface area contributed by atoms with Gasteiger partial charge in [-0.3, -0.25) is 4.79 Å². The Morgan fingerprint density at radius 3 is 2.75 bits per heavy atom. The third-order valence-corrected chi connectivity index (χ3v) is 4.00. The Balaban J connectivity index is 2.02. The summed E-state index contributed by atoms with van der Waals surface area (Å²) in [6, 6.07) is 8.04. The summed E-state index contributed by atoms with van der Waals surface area (Å²) in [6.07, 6.45) is 1.02. The minimum absolute atomic E-state index is 0.140. The van der Waals surface area contributed by atoms with Gasteiger partial charge in [-0.2, -0.15) is 0 Å². The van der Waals surface area contributed by atoms with Crippen LogP contribution in [0.15, 0.2) is 24.3 Å². The van der Waals surface area contributed by atoms with Crippen LogP contribution in [0.5, 0.6) is 0 Å². The van der Waals surface area contributed by atoms with Crippen LogP contribution >= 0.6 is 11.6 Å². The molecule has 0 bridgehead atoms. The quantitative estimate of drug-likeness (QED) is 0.869. The molecule has 2 unspecified atom stereocenters. The van der Waals surface area contributed by atoms with E-state index in [2.05, 4.69) is 11.4 Å². The van der Waals surface area contributed by atoms with Crippen LogP contribution in [0.2, 0.25) is 5.02 Å². The van der Waals surface area contributed by atoms with E-state index in [9.17, 15) is 4.79 Å². The van der Waals surface area contributed by atoms with Crippen LogP contribution in [0.1, 0.15) is 38.7 Å². The molecule has 3 nitrogen and oxygen atoms in total. The first kappa shape index (κ1) is 15.3. The molecule has 1 heterocycles. The molecular weight excluding hydrogens is 274 g/mol. The maximum absolute atomic E-state index is 11.9. The zero-order chi connectivity index (χ0) is 14.8. The molecule has 0 amide bonds. The molecule has 0 saturated carbocycles. The molecule has 1 fully saturated rings. The number of esters is 1. The zero-order valence-electron chi connectivity index (χ0n) is 12.3. The van der Waals surface area contributed by atoms with Crippen molar-refractivity contribution < 1.29 is 9.53 Å². The van der Waals surface area contributed by atoms with E-state index in [0.717, 1.165) is 23.6 Å². The molecule has 2 atom stereocenters. The standard InChI is InChI=1S/C16H22ClNO2/c1-16(2,3)15(19)20-10-14-12(8-9-18-14)11-6-4-5-7-13(11)17/h4-7,12,14,18H,8-10H2,1-3H3. The zero-order valence-corrected chi connectivity index (χ0v) is 13.0. The van der Waals surface area contributed by atoms with Crippen molar-refractivity contribution >= 4 is 17.6 Å². The van der Waals surface area contributed by atoms with Crippen LogP contribution in [0.3, 0.4) is 0 Å². The van der Waals surface area contributed by atoms with Gasteiger partial charge in [-0.25, -0.2) is 0 Å².